The molecule has 5 atom stereocenters. The first-order valence-electron chi connectivity index (χ1n) is 20.7. The van der Waals surface area contributed by atoms with Crippen LogP contribution >= 0.6 is 0 Å². The number of aliphatic imine (C=N–C) groups is 1. The predicted molar refractivity (Wildman–Crippen MR) is 237 cm³/mol. The molecular weight excluding hydrogens is 791 g/mol. The minimum atomic E-state index is -1.21. The van der Waals surface area contributed by atoms with Crippen LogP contribution in [-0.2, 0) is 54.6 Å². The van der Waals surface area contributed by atoms with E-state index in [1.54, 1.807) is 60.7 Å². The Morgan fingerprint density at radius 2 is 1.00 bits per heavy atom. The lowest BCUT2D eigenvalue weighted by Gasteiger charge is -2.27. The molecule has 0 aliphatic rings. The first-order valence-corrected chi connectivity index (χ1v) is 20.7. The van der Waals surface area contributed by atoms with Crippen LogP contribution in [-0.4, -0.2) is 84.0 Å². The minimum absolute atomic E-state index is 0.0257. The van der Waals surface area contributed by atoms with Gasteiger partial charge in [0.05, 0.1) is 6.04 Å². The standard InChI is InChI=1S/C46H59N9O7/c47-25-11-10-20-37(52-43(59)38(27-31-13-4-1-5-14-31)53-41(57)36(48)19-12-26-51-46(49)50)42(58)54-39(28-32-15-6-2-7-16-32)44(60)55-40(29-33-21-23-35(56)24-22-33)45(61)62-30-34-17-8-3-9-18-34/h1-9,13-18,21-24,36-40,56H,10-12,19-20,25-30,47-48H2,(H,52,59)(H,53,57)(H,54,58)(H,55,60)(H4,49,50,51). The molecule has 0 heterocycles. The van der Waals surface area contributed by atoms with Gasteiger partial charge in [-0.3, -0.25) is 24.2 Å². The molecule has 0 aliphatic carbocycles. The monoisotopic (exact) mass is 849 g/mol. The van der Waals surface area contributed by atoms with Crippen molar-refractivity contribution in [3.8, 4) is 5.75 Å². The van der Waals surface area contributed by atoms with Gasteiger partial charge in [0.1, 0.15) is 36.5 Å². The highest BCUT2D eigenvalue weighted by Crippen LogP contribution is 2.14. The summed E-state index contributed by atoms with van der Waals surface area (Å²) in [5, 5.41) is 21.1. The second-order valence-electron chi connectivity index (χ2n) is 14.9. The molecule has 5 unspecified atom stereocenters. The number of ether oxygens (including phenoxy) is 1. The van der Waals surface area contributed by atoms with Gasteiger partial charge in [0.2, 0.25) is 23.6 Å². The number of esters is 1. The number of nitrogens with two attached hydrogens (primary N) is 4. The second-order valence-corrected chi connectivity index (χ2v) is 14.9. The quantitative estimate of drug-likeness (QED) is 0.0200. The van der Waals surface area contributed by atoms with Crippen LogP contribution in [0, 0.1) is 0 Å². The van der Waals surface area contributed by atoms with Crippen molar-refractivity contribution in [1.82, 2.24) is 21.3 Å². The van der Waals surface area contributed by atoms with Crippen LogP contribution in [0.25, 0.3) is 0 Å². The van der Waals surface area contributed by atoms with Gasteiger partial charge in [0.25, 0.3) is 0 Å². The maximum absolute atomic E-state index is 14.3. The number of carbonyl (C=O) groups is 5. The van der Waals surface area contributed by atoms with Crippen LogP contribution < -0.4 is 44.2 Å². The Balaban J connectivity index is 1.57. The molecule has 13 N–H and O–H groups in total. The fraction of sp³-hybridized carbons (Fsp3) is 0.348. The summed E-state index contributed by atoms with van der Waals surface area (Å²) in [6.07, 6.45) is 2.02. The Morgan fingerprint density at radius 1 is 0.548 bits per heavy atom. The van der Waals surface area contributed by atoms with Crippen LogP contribution in [0.4, 0.5) is 0 Å². The topological polar surface area (TPSA) is 279 Å². The lowest BCUT2D eigenvalue weighted by molar-refractivity contribution is -0.149. The number of rotatable bonds is 25. The van der Waals surface area contributed by atoms with Crippen LogP contribution in [0.5, 0.6) is 5.75 Å². The highest BCUT2D eigenvalue weighted by molar-refractivity contribution is 5.95. The second kappa shape index (κ2) is 25.8. The van der Waals surface area contributed by atoms with Crippen LogP contribution in [0.15, 0.2) is 120 Å². The van der Waals surface area contributed by atoms with Crippen molar-refractivity contribution < 1.29 is 33.8 Å². The summed E-state index contributed by atoms with van der Waals surface area (Å²) in [5.74, 6) is -3.28. The van der Waals surface area contributed by atoms with Crippen molar-refractivity contribution in [1.29, 1.82) is 0 Å². The molecule has 4 aromatic carbocycles. The first-order chi connectivity index (χ1) is 29.9. The van der Waals surface area contributed by atoms with Gasteiger partial charge in [-0.15, -0.1) is 0 Å². The SMILES string of the molecule is NCCCCC(NC(=O)C(Cc1ccccc1)NC(=O)C(N)CCCN=C(N)N)C(=O)NC(Cc1ccccc1)C(=O)NC(Cc1ccc(O)cc1)C(=O)OCc1ccccc1. The van der Waals surface area contributed by atoms with Gasteiger partial charge >= 0.3 is 5.97 Å². The van der Waals surface area contributed by atoms with E-state index in [-0.39, 0.29) is 57.0 Å². The van der Waals surface area contributed by atoms with E-state index in [0.29, 0.717) is 31.4 Å². The summed E-state index contributed by atoms with van der Waals surface area (Å²) >= 11 is 0. The van der Waals surface area contributed by atoms with Gasteiger partial charge in [0, 0.05) is 25.8 Å². The van der Waals surface area contributed by atoms with E-state index in [9.17, 15) is 29.1 Å². The van der Waals surface area contributed by atoms with Crippen molar-refractivity contribution >= 4 is 35.6 Å². The molecule has 0 bridgehead atoms. The van der Waals surface area contributed by atoms with Gasteiger partial charge in [-0.05, 0) is 73.0 Å². The zero-order valence-corrected chi connectivity index (χ0v) is 34.8. The molecule has 4 aromatic rings. The number of nitrogens with one attached hydrogen (secondary N) is 4. The molecule has 4 amide bonds. The number of guanidine groups is 1. The van der Waals surface area contributed by atoms with Gasteiger partial charge in [-0.2, -0.15) is 0 Å². The maximum Gasteiger partial charge on any atom is 0.329 e. The summed E-state index contributed by atoms with van der Waals surface area (Å²) in [4.78, 5) is 73.5. The fourth-order valence-electron chi connectivity index (χ4n) is 6.52. The van der Waals surface area contributed by atoms with E-state index < -0.39 is 59.8 Å². The third-order valence-corrected chi connectivity index (χ3v) is 9.92. The number of amides is 4. The smallest absolute Gasteiger partial charge is 0.329 e. The van der Waals surface area contributed by atoms with E-state index in [4.69, 9.17) is 27.7 Å². The molecular formula is C46H59N9O7. The summed E-state index contributed by atoms with van der Waals surface area (Å²) in [6.45, 7) is 0.586. The zero-order valence-electron chi connectivity index (χ0n) is 34.8. The molecule has 0 spiro atoms. The average Bonchev–Trinajstić information content (AvgIpc) is 3.27. The molecule has 0 fully saturated rings. The normalized spacial score (nSPS) is 13.3. The number of unbranched alkanes of at least 4 members (excludes halogenated alkanes) is 1. The van der Waals surface area contributed by atoms with E-state index in [1.165, 1.54) is 12.1 Å². The molecule has 16 heteroatoms. The molecule has 330 valence electrons. The van der Waals surface area contributed by atoms with Crippen molar-refractivity contribution in [3.63, 3.8) is 0 Å². The van der Waals surface area contributed by atoms with Crippen LogP contribution in [0.3, 0.4) is 0 Å². The molecule has 62 heavy (non-hydrogen) atoms. The predicted octanol–water partition coefficient (Wildman–Crippen LogP) is 1.61. The summed E-state index contributed by atoms with van der Waals surface area (Å²) in [5.41, 5.74) is 25.6. The van der Waals surface area contributed by atoms with E-state index >= 15 is 0 Å². The lowest BCUT2D eigenvalue weighted by atomic mass is 10.0. The molecule has 0 aliphatic heterocycles. The maximum atomic E-state index is 14.3. The largest absolute Gasteiger partial charge is 0.508 e. The Labute approximate surface area is 362 Å². The first kappa shape index (κ1) is 47.9. The number of benzene rings is 4. The lowest BCUT2D eigenvalue weighted by Crippen LogP contribution is -2.59. The van der Waals surface area contributed by atoms with Crippen molar-refractivity contribution in [2.24, 2.45) is 27.9 Å². The summed E-state index contributed by atoms with van der Waals surface area (Å²) in [7, 11) is 0. The number of hydrogen-bond acceptors (Lipinski definition) is 10. The zero-order chi connectivity index (χ0) is 44.7. The minimum Gasteiger partial charge on any atom is -0.508 e. The Bertz CT molecular complexity index is 2030. The molecule has 0 aromatic heterocycles. The highest BCUT2D eigenvalue weighted by atomic mass is 16.5. The summed E-state index contributed by atoms with van der Waals surface area (Å²) in [6, 6.07) is 27.8. The molecule has 0 saturated carbocycles. The number of aromatic hydroxyl groups is 1. The van der Waals surface area contributed by atoms with Gasteiger partial charge in [-0.25, -0.2) is 4.79 Å². The van der Waals surface area contributed by atoms with Crippen LogP contribution in [0.2, 0.25) is 0 Å². The molecule has 4 rings (SSSR count). The van der Waals surface area contributed by atoms with Gasteiger partial charge in [0.15, 0.2) is 5.96 Å². The fourth-order valence-corrected chi connectivity index (χ4v) is 6.52. The van der Waals surface area contributed by atoms with Crippen molar-refractivity contribution in [2.75, 3.05) is 13.1 Å². The molecule has 16 nitrogen and oxygen atoms in total. The van der Waals surface area contributed by atoms with Gasteiger partial charge in [-0.1, -0.05) is 103 Å². The number of carbonyl (C=O) groups excluding carboxylic acids is 5. The van der Waals surface area contributed by atoms with E-state index in [2.05, 4.69) is 26.3 Å². The van der Waals surface area contributed by atoms with Gasteiger partial charge < -0.3 is 54.0 Å². The Hall–Kier alpha value is -6.78. The van der Waals surface area contributed by atoms with Crippen molar-refractivity contribution in [3.05, 3.63) is 138 Å². The number of nitrogens with zero attached hydrogens (tertiary/aromatic N) is 1. The third-order valence-electron chi connectivity index (χ3n) is 9.92. The molecule has 0 radical (unpaired) electrons. The third kappa shape index (κ3) is 17.1. The number of phenolic OH excluding ortho intramolecular Hbond substituents is 1. The summed E-state index contributed by atoms with van der Waals surface area (Å²) < 4.78 is 5.64. The van der Waals surface area contributed by atoms with E-state index in [0.717, 1.165) is 16.7 Å². The highest BCUT2D eigenvalue weighted by Gasteiger charge is 2.32. The van der Waals surface area contributed by atoms with Crippen molar-refractivity contribution in [2.45, 2.75) is 88.2 Å². The number of hydrogen-bond donors (Lipinski definition) is 9. The Kier molecular flexibility index (Phi) is 19.9. The van der Waals surface area contributed by atoms with Crippen LogP contribution in [0.1, 0.15) is 54.4 Å². The Morgan fingerprint density at radius 3 is 1.53 bits per heavy atom. The molecule has 0 saturated heterocycles. The average molecular weight is 850 g/mol. The van der Waals surface area contributed by atoms with E-state index in [1.807, 2.05) is 42.5 Å². The number of phenols is 1.